The molecule has 95 heavy (non-hydrogen) atoms. The fourth-order valence-electron chi connectivity index (χ4n) is 9.94. The van der Waals surface area contributed by atoms with Gasteiger partial charge in [-0.05, 0) is 216 Å². The number of hydrogen-bond acceptors (Lipinski definition) is 20. The molecule has 10 N–H and O–H groups in total. The zero-order chi connectivity index (χ0) is 68.3. The molecule has 4 aliphatic heterocycles. The van der Waals surface area contributed by atoms with E-state index in [4.69, 9.17) is 37.2 Å². The smallest absolute Gasteiger partial charge is 0.444 e. The Kier molecular flexibility index (Phi) is 47.3. The summed E-state index contributed by atoms with van der Waals surface area (Å²) < 4.78 is 10.6. The van der Waals surface area contributed by atoms with Crippen LogP contribution in [0.5, 0.6) is 0 Å². The van der Waals surface area contributed by atoms with E-state index in [0.29, 0.717) is 49.8 Å². The third kappa shape index (κ3) is 39.6. The number of aromatic nitrogens is 5. The van der Waals surface area contributed by atoms with Crippen LogP contribution in [0.2, 0.25) is 0 Å². The second-order valence-electron chi connectivity index (χ2n) is 25.2. The molecule has 7 atom stereocenters. The van der Waals surface area contributed by atoms with Crippen LogP contribution in [0.15, 0.2) is 91.6 Å². The molecule has 0 aromatic carbocycles. The topological polar surface area (TPSA) is 342 Å². The summed E-state index contributed by atoms with van der Waals surface area (Å²) in [7, 11) is 0. The van der Waals surface area contributed by atoms with Crippen LogP contribution in [0, 0.1) is 55.3 Å². The molecule has 4 aliphatic rings. The number of likely N-dealkylation sites (tertiary alicyclic amines) is 3. The van der Waals surface area contributed by atoms with E-state index in [1.807, 2.05) is 117 Å². The number of carbonyl (C=O) groups excluding carboxylic acids is 3. The number of anilines is 3. The molecule has 0 aliphatic carbocycles. The maximum Gasteiger partial charge on any atom is 1.00 e. The molecular weight excluding hydrogens is 1260 g/mol. The molecule has 0 spiro atoms. The predicted molar refractivity (Wildman–Crippen MR) is 382 cm³/mol. The third-order valence-electron chi connectivity index (χ3n) is 13.9. The van der Waals surface area contributed by atoms with Gasteiger partial charge in [-0.2, -0.15) is 31.3 Å². The molecule has 5 aromatic rings. The van der Waals surface area contributed by atoms with Gasteiger partial charge >= 0.3 is 31.0 Å². The van der Waals surface area contributed by atoms with Crippen LogP contribution < -0.4 is 41.4 Å². The normalized spacial score (nSPS) is 17.3. The zero-order valence-electron chi connectivity index (χ0n) is 56.9. The van der Waals surface area contributed by atoms with Crippen molar-refractivity contribution in [1.29, 1.82) is 10.5 Å². The number of nitriles is 2. The average Bonchev–Trinajstić information content (AvgIpc) is 1.76. The molecule has 0 bridgehead atoms. The van der Waals surface area contributed by atoms with Crippen LogP contribution in [-0.2, 0) is 33.5 Å². The SMILES string of the molecule is C.C.C.CC(C)(C)OC(=O)N1CCC[C@H]1C=O.C[C-](C)C.Cc1cc(CC(O)[C@@H]2CCCN2C(=O)OC(C)(C)C)ccn1.Cc1ccnc(C)c1.Cc1ccnc(N)c1.N#CBr.N#CN1CCC[C@H]1C(O)Cc1ccnc(N)c1.Nc1cc(CC(O)[C@@H]2CCCN2)ccn1.[Li+]. The van der Waals surface area contributed by atoms with Gasteiger partial charge in [0.2, 0.25) is 0 Å². The molecule has 0 radical (unpaired) electrons. The standard InChI is InChI=1S/C17H26N2O3.C12H16N4O.C11H17N3O.C10H17NO3.C7H9N.C6H8N2.C4H9.CBrN.3CH4.Li/c1-12-10-13(7-8-18-12)11-15(20)14-6-5-9-19(14)16(21)22-17(2,3)4;13-8-16-5-1-2-10(16)11(17)6-9-3-4-15-12(14)7-9;12-11-7-8(3-5-14-11)6-10(15)9-2-1-4-13-9;1-10(2,3)14-9(13)11-6-4-5-8(11)7-12;1-6-3-4-8-7(2)5-6;1-5-2-3-8-6(7)4-5;1-4(2)3;2-1-3;;;;/h7-8,10,14-15,20H,5-6,9,11H2,1-4H3;3-4,7,10-11,17H,1-2,5-6H2,(H2,14,15);3,5,7,9-10,13,15H,1-2,4,6H2,(H2,12,14);7-8H,4-6H2,1-3H3;3-5H,1-2H3;2-4H,1H3,(H2,7,8);1-3H3;;3*1H4;/q;;;;;;-1;;;;;+1/t14-,15?;10-,11?;9-,10?;8-;;;;;;;;/m0000......../s1. The Morgan fingerprint density at radius 1 is 0.621 bits per heavy atom. The molecule has 9 heterocycles. The number of nitrogens with two attached hydrogens (primary N) is 3. The van der Waals surface area contributed by atoms with E-state index < -0.39 is 23.4 Å². The molecule has 22 nitrogen and oxygen atoms in total. The molecule has 5 aromatic heterocycles. The van der Waals surface area contributed by atoms with E-state index in [2.05, 4.69) is 86.1 Å². The number of halogens is 1. The van der Waals surface area contributed by atoms with Gasteiger partial charge in [-0.1, -0.05) is 22.3 Å². The Hall–Kier alpha value is -6.94. The maximum absolute atomic E-state index is 12.3. The first-order chi connectivity index (χ1) is 42.9. The molecule has 24 heteroatoms. The fourth-order valence-corrected chi connectivity index (χ4v) is 9.94. The number of nitrogens with one attached hydrogen (secondary N) is 1. The molecule has 4 saturated heterocycles. The number of aryl methyl sites for hydroxylation is 4. The summed E-state index contributed by atoms with van der Waals surface area (Å²) in [6.45, 7) is 28.3. The van der Waals surface area contributed by atoms with Gasteiger partial charge in [0, 0.05) is 103 Å². The van der Waals surface area contributed by atoms with Gasteiger partial charge in [-0.25, -0.2) is 24.5 Å². The minimum absolute atomic E-state index is 0. The zero-order valence-corrected chi connectivity index (χ0v) is 58.4. The Labute approximate surface area is 589 Å². The first-order valence-corrected chi connectivity index (χ1v) is 31.7. The van der Waals surface area contributed by atoms with Crippen molar-refractivity contribution in [2.24, 2.45) is 0 Å². The number of nitrogens with zero attached hydrogens (tertiary/aromatic N) is 10. The van der Waals surface area contributed by atoms with Gasteiger partial charge in [-0.15, -0.1) is 0 Å². The maximum atomic E-state index is 12.3. The van der Waals surface area contributed by atoms with Crippen LogP contribution in [0.3, 0.4) is 0 Å². The van der Waals surface area contributed by atoms with Gasteiger partial charge in [0.1, 0.15) is 39.9 Å². The number of nitrogen functional groups attached to an aromatic ring is 3. The van der Waals surface area contributed by atoms with E-state index >= 15 is 0 Å². The number of ether oxygens (including phenoxy) is 2. The first kappa shape index (κ1) is 92.2. The van der Waals surface area contributed by atoms with Crippen LogP contribution >= 0.6 is 15.9 Å². The van der Waals surface area contributed by atoms with Crippen LogP contribution in [0.1, 0.15) is 175 Å². The van der Waals surface area contributed by atoms with Crippen LogP contribution in [-0.4, -0.2) is 153 Å². The third-order valence-corrected chi connectivity index (χ3v) is 13.9. The number of carbonyl (C=O) groups is 3. The quantitative estimate of drug-likeness (QED) is 0.0296. The minimum atomic E-state index is -0.586. The first-order valence-electron chi connectivity index (χ1n) is 30.9. The number of aldehydes is 1. The molecule has 0 saturated carbocycles. The second-order valence-corrected chi connectivity index (χ2v) is 25.6. The summed E-state index contributed by atoms with van der Waals surface area (Å²) in [5.74, 6) is 2.97. The molecule has 2 amide bonds. The van der Waals surface area contributed by atoms with E-state index in [-0.39, 0.29) is 83.6 Å². The number of aliphatic hydroxyl groups is 3. The van der Waals surface area contributed by atoms with Crippen molar-refractivity contribution in [3.63, 3.8) is 0 Å². The Bertz CT molecular complexity index is 2930. The van der Waals surface area contributed by atoms with Crippen molar-refractivity contribution in [3.8, 4) is 11.2 Å². The summed E-state index contributed by atoms with van der Waals surface area (Å²) in [5.41, 5.74) is 23.0. The average molecular weight is 1380 g/mol. The van der Waals surface area contributed by atoms with E-state index in [0.717, 1.165) is 104 Å². The Morgan fingerprint density at radius 3 is 1.41 bits per heavy atom. The summed E-state index contributed by atoms with van der Waals surface area (Å²) >= 11 is 2.45. The van der Waals surface area contributed by atoms with Crippen LogP contribution in [0.4, 0.5) is 27.0 Å². The number of rotatable bonds is 10. The van der Waals surface area contributed by atoms with Gasteiger partial charge in [0.25, 0.3) is 0 Å². The van der Waals surface area contributed by atoms with Crippen molar-refractivity contribution >= 4 is 51.9 Å². The van der Waals surface area contributed by atoms with E-state index in [1.165, 1.54) is 16.4 Å². The van der Waals surface area contributed by atoms with Gasteiger partial charge in [-0.3, -0.25) is 14.9 Å². The molecule has 9 rings (SSSR count). The summed E-state index contributed by atoms with van der Waals surface area (Å²) in [4.78, 5) is 60.7. The van der Waals surface area contributed by atoms with Crippen molar-refractivity contribution < 1.29 is 58.0 Å². The Morgan fingerprint density at radius 2 is 1.01 bits per heavy atom. The number of aliphatic hydroxyl groups excluding tert-OH is 3. The van der Waals surface area contributed by atoms with Crippen molar-refractivity contribution in [3.05, 3.63) is 137 Å². The van der Waals surface area contributed by atoms with Gasteiger partial charge in [0.05, 0.1) is 36.4 Å². The molecule has 524 valence electrons. The summed E-state index contributed by atoms with van der Waals surface area (Å²) in [6.07, 6.45) is 18.4. The number of hydrogen-bond donors (Lipinski definition) is 7. The number of pyridine rings is 5. The van der Waals surface area contributed by atoms with Gasteiger partial charge < -0.3 is 67.8 Å². The van der Waals surface area contributed by atoms with Crippen LogP contribution in [0.25, 0.3) is 0 Å². The van der Waals surface area contributed by atoms with Crippen molar-refractivity contribution in [2.75, 3.05) is 43.4 Å². The van der Waals surface area contributed by atoms with Crippen molar-refractivity contribution in [2.45, 2.75) is 237 Å². The number of amides is 2. The molecule has 3 unspecified atom stereocenters. The van der Waals surface area contributed by atoms with Crippen molar-refractivity contribution in [1.82, 2.24) is 44.9 Å². The Balaban J connectivity index is -0.00000106. The fraction of sp³-hybridized carbons (Fsp3) is 0.563. The summed E-state index contributed by atoms with van der Waals surface area (Å²) in [5, 5.41) is 50.1. The monoisotopic (exact) mass is 1380 g/mol. The van der Waals surface area contributed by atoms with E-state index in [9.17, 15) is 29.7 Å². The predicted octanol–water partition coefficient (Wildman–Crippen LogP) is 9.18. The van der Waals surface area contributed by atoms with E-state index in [1.54, 1.807) is 45.6 Å². The summed E-state index contributed by atoms with van der Waals surface area (Å²) in [6, 6.07) is 18.7. The molecule has 4 fully saturated rings. The van der Waals surface area contributed by atoms with Gasteiger partial charge in [0.15, 0.2) is 6.19 Å². The minimum Gasteiger partial charge on any atom is -0.444 e. The molecular formula is C71H114BrLiN14O8. The second kappa shape index (κ2) is 48.7. The largest absolute Gasteiger partial charge is 1.00 e.